The zero-order valence-corrected chi connectivity index (χ0v) is 51.9. The zero-order valence-electron chi connectivity index (χ0n) is 51.9. The maximum absolute atomic E-state index is 2.63. The van der Waals surface area contributed by atoms with Gasteiger partial charge in [0.15, 0.2) is 0 Å². The van der Waals surface area contributed by atoms with Gasteiger partial charge in [-0.15, -0.1) is 0 Å². The van der Waals surface area contributed by atoms with Crippen molar-refractivity contribution in [2.45, 2.75) is 38.5 Å². The summed E-state index contributed by atoms with van der Waals surface area (Å²) in [5.74, 6) is 0. The van der Waals surface area contributed by atoms with Crippen molar-refractivity contribution >= 4 is 75.9 Å². The lowest BCUT2D eigenvalue weighted by Gasteiger charge is -2.22. The number of aromatic nitrogens is 2. The predicted octanol–water partition coefficient (Wildman–Crippen LogP) is 24.3. The van der Waals surface area contributed by atoms with Gasteiger partial charge in [0.2, 0.25) is 0 Å². The van der Waals surface area contributed by atoms with Gasteiger partial charge < -0.3 is 9.13 Å². The molecule has 0 atom stereocenters. The molecule has 0 N–H and O–H groups in total. The van der Waals surface area contributed by atoms with Crippen LogP contribution < -0.4 is 0 Å². The molecule has 434 valence electrons. The lowest BCUT2D eigenvalue weighted by Crippen LogP contribution is -2.15. The highest BCUT2D eigenvalue weighted by atomic mass is 15.0. The van der Waals surface area contributed by atoms with Gasteiger partial charge in [0, 0.05) is 43.5 Å². The second kappa shape index (κ2) is 20.6. The van der Waals surface area contributed by atoms with Gasteiger partial charge in [-0.05, 0) is 171 Å². The molecule has 0 saturated heterocycles. The van der Waals surface area contributed by atoms with E-state index in [2.05, 4.69) is 352 Å². The maximum atomic E-state index is 2.63. The first-order valence-corrected chi connectivity index (χ1v) is 32.3. The van der Waals surface area contributed by atoms with Crippen LogP contribution in [0.3, 0.4) is 0 Å². The molecule has 0 spiro atoms. The molecule has 2 heterocycles. The molecule has 0 fully saturated rings. The van der Waals surface area contributed by atoms with Crippen molar-refractivity contribution in [1.29, 1.82) is 0 Å². The third kappa shape index (κ3) is 8.06. The average Bonchev–Trinajstić information content (AvgIpc) is 1.49. The fourth-order valence-corrected chi connectivity index (χ4v) is 16.2. The fraction of sp³-hybridized carbons (Fsp3) is 0.0667. The molecule has 0 radical (unpaired) electrons. The summed E-state index contributed by atoms with van der Waals surface area (Å²) in [5.41, 5.74) is 25.9. The van der Waals surface area contributed by atoms with E-state index >= 15 is 0 Å². The van der Waals surface area contributed by atoms with E-state index in [0.717, 1.165) is 98.8 Å². The lowest BCUT2D eigenvalue weighted by molar-refractivity contribution is 0.660. The Bertz CT molecular complexity index is 5240. The summed E-state index contributed by atoms with van der Waals surface area (Å²) in [7, 11) is 0. The van der Waals surface area contributed by atoms with Gasteiger partial charge in [-0.3, -0.25) is 0 Å². The SMILES string of the molecule is CC1(C)c2ccccc2-c2c(-n3c4ccc(-c5ccccc5)cc4c4cccc5c6cc(-c7ccccc7)ccc6n(-c6cccc7c6-c6ccccc6C7(C)C)c6ccc(-c7ccccc7)cc6c6cccc(c7cc(-c8ccccc8)ccc73)c6c45)cccc21. The molecule has 0 bridgehead atoms. The first kappa shape index (κ1) is 53.7. The summed E-state index contributed by atoms with van der Waals surface area (Å²) < 4.78 is 5.27. The van der Waals surface area contributed by atoms with Crippen LogP contribution >= 0.6 is 0 Å². The Morgan fingerprint density at radius 1 is 0.207 bits per heavy atom. The normalized spacial score (nSPS) is 13.4. The first-order valence-electron chi connectivity index (χ1n) is 32.3. The monoisotopic (exact) mass is 1170 g/mol. The van der Waals surface area contributed by atoms with Gasteiger partial charge in [-0.25, -0.2) is 0 Å². The third-order valence-electron chi connectivity index (χ3n) is 20.6. The van der Waals surface area contributed by atoms with Gasteiger partial charge in [-0.2, -0.15) is 0 Å². The molecule has 0 aliphatic heterocycles. The molecular formula is C90H64N2. The van der Waals surface area contributed by atoms with Gasteiger partial charge in [0.05, 0.1) is 33.4 Å². The Morgan fingerprint density at radius 2 is 0.467 bits per heavy atom. The Balaban J connectivity index is 1.16. The maximum Gasteiger partial charge on any atom is 0.0543 e. The third-order valence-corrected chi connectivity index (χ3v) is 20.6. The Morgan fingerprint density at radius 3 is 0.772 bits per heavy atom. The van der Waals surface area contributed by atoms with Crippen molar-refractivity contribution in [3.63, 3.8) is 0 Å². The molecule has 14 aromatic carbocycles. The number of fused-ring (bicyclic) bond motifs is 14. The number of benzene rings is 14. The van der Waals surface area contributed by atoms with Crippen molar-refractivity contribution in [1.82, 2.24) is 9.13 Å². The Hall–Kier alpha value is -11.3. The largest absolute Gasteiger partial charge is 0.309 e. The summed E-state index contributed by atoms with van der Waals surface area (Å²) in [4.78, 5) is 0. The molecule has 2 heteroatoms. The Kier molecular flexibility index (Phi) is 12.0. The average molecular weight is 1170 g/mol. The number of hydrogen-bond acceptors (Lipinski definition) is 0. The van der Waals surface area contributed by atoms with Gasteiger partial charge in [-0.1, -0.05) is 282 Å². The molecule has 2 aromatic heterocycles. The van der Waals surface area contributed by atoms with Crippen LogP contribution in [-0.4, -0.2) is 9.13 Å². The van der Waals surface area contributed by atoms with Crippen LogP contribution in [0.4, 0.5) is 0 Å². The van der Waals surface area contributed by atoms with Crippen molar-refractivity contribution in [2.24, 2.45) is 0 Å². The second-order valence-corrected chi connectivity index (χ2v) is 26.3. The molecule has 0 amide bonds. The van der Waals surface area contributed by atoms with Crippen LogP contribution in [0.1, 0.15) is 49.9 Å². The van der Waals surface area contributed by atoms with E-state index in [9.17, 15) is 0 Å². The van der Waals surface area contributed by atoms with Crippen molar-refractivity contribution in [3.8, 4) is 78.1 Å². The first-order chi connectivity index (χ1) is 45.2. The molecule has 92 heavy (non-hydrogen) atoms. The summed E-state index contributed by atoms with van der Waals surface area (Å²) in [5, 5.41) is 11.5. The van der Waals surface area contributed by atoms with E-state index in [1.807, 2.05) is 0 Å². The van der Waals surface area contributed by atoms with E-state index in [4.69, 9.17) is 0 Å². The fourth-order valence-electron chi connectivity index (χ4n) is 16.2. The van der Waals surface area contributed by atoms with Crippen molar-refractivity contribution in [3.05, 3.63) is 338 Å². The van der Waals surface area contributed by atoms with E-state index in [1.54, 1.807) is 0 Å². The highest BCUT2D eigenvalue weighted by Crippen LogP contribution is 2.54. The summed E-state index contributed by atoms with van der Waals surface area (Å²) >= 11 is 0. The zero-order chi connectivity index (χ0) is 61.4. The molecule has 16 aromatic rings. The van der Waals surface area contributed by atoms with Crippen LogP contribution in [0.5, 0.6) is 0 Å². The van der Waals surface area contributed by atoms with Crippen LogP contribution in [0.25, 0.3) is 154 Å². The molecule has 0 saturated carbocycles. The standard InChI is InChI=1S/C90H64N2/c1-89(2)75-39-19-17-33-69(75)87-77(89)41-23-43-83(87)91-79-49-45-61(57-25-9-5-10-26-57)53-71(79)65-35-21-37-67-73-55-63(59-29-13-7-14-30-59)47-51-81(73)92(84-44-24-42-78-88(84)70-34-18-20-40-76(70)90(78,3)4)82-52-48-64(60-31-15-8-16-32-60)56-74(82)68-38-22-36-66(86(68)85(65)67)72-54-62(46-50-80(72)91)58-27-11-6-12-28-58/h5-56H,1-4H3. The van der Waals surface area contributed by atoms with Gasteiger partial charge in [0.1, 0.15) is 0 Å². The van der Waals surface area contributed by atoms with E-state index in [1.165, 1.54) is 77.5 Å². The van der Waals surface area contributed by atoms with E-state index < -0.39 is 0 Å². The van der Waals surface area contributed by atoms with Crippen LogP contribution in [-0.2, 0) is 10.8 Å². The molecule has 0 unspecified atom stereocenters. The van der Waals surface area contributed by atoms with Gasteiger partial charge in [0.25, 0.3) is 0 Å². The quantitative estimate of drug-likeness (QED) is 0.157. The molecule has 2 nitrogen and oxygen atoms in total. The minimum Gasteiger partial charge on any atom is -0.309 e. The van der Waals surface area contributed by atoms with Gasteiger partial charge >= 0.3 is 0 Å². The lowest BCUT2D eigenvalue weighted by atomic mass is 9.82. The smallest absolute Gasteiger partial charge is 0.0543 e. The summed E-state index contributed by atoms with van der Waals surface area (Å²) in [6.45, 7) is 9.59. The topological polar surface area (TPSA) is 9.86 Å². The molecule has 2 aliphatic carbocycles. The molecule has 2 aliphatic rings. The summed E-state index contributed by atoms with van der Waals surface area (Å²) in [6.07, 6.45) is 0. The highest BCUT2D eigenvalue weighted by molar-refractivity contribution is 6.34. The Labute approximate surface area is 536 Å². The van der Waals surface area contributed by atoms with E-state index in [-0.39, 0.29) is 10.8 Å². The van der Waals surface area contributed by atoms with E-state index in [0.29, 0.717) is 0 Å². The van der Waals surface area contributed by atoms with Crippen LogP contribution in [0.2, 0.25) is 0 Å². The van der Waals surface area contributed by atoms with Crippen molar-refractivity contribution in [2.75, 3.05) is 0 Å². The minimum atomic E-state index is -0.233. The molecular weight excluding hydrogens is 1110 g/mol. The minimum absolute atomic E-state index is 0.233. The predicted molar refractivity (Wildman–Crippen MR) is 391 cm³/mol. The van der Waals surface area contributed by atoms with Crippen LogP contribution in [0, 0.1) is 0 Å². The second-order valence-electron chi connectivity index (χ2n) is 26.3. The van der Waals surface area contributed by atoms with Crippen molar-refractivity contribution < 1.29 is 0 Å². The highest BCUT2D eigenvalue weighted by Gasteiger charge is 2.39. The number of rotatable bonds is 6. The number of nitrogens with zero attached hydrogens (tertiary/aromatic N) is 2. The van der Waals surface area contributed by atoms with Crippen LogP contribution in [0.15, 0.2) is 315 Å². The molecule has 18 rings (SSSR count). The number of hydrogen-bond donors (Lipinski definition) is 0. The summed E-state index contributed by atoms with van der Waals surface area (Å²) in [6, 6.07) is 120.